The van der Waals surface area contributed by atoms with Gasteiger partial charge in [0, 0.05) is 26.3 Å². The van der Waals surface area contributed by atoms with Gasteiger partial charge in [0.2, 0.25) is 10.0 Å². The number of anilines is 1. The van der Waals surface area contributed by atoms with Gasteiger partial charge >= 0.3 is 0 Å². The standard InChI is InChI=1S/C14H22ClN3O2S/c1-10-6-4-5-7-13(10)18(3)21(19,20)11-8-12(15)14(16-2)17-9-11/h8-10,13H,4-7H2,1-3H3,(H,16,17). The number of nitrogens with one attached hydrogen (secondary N) is 1. The molecule has 0 bridgehead atoms. The van der Waals surface area contributed by atoms with Crippen molar-refractivity contribution >= 4 is 27.4 Å². The van der Waals surface area contributed by atoms with Crippen LogP contribution in [0.3, 0.4) is 0 Å². The second-order valence-corrected chi connectivity index (χ2v) is 8.01. The normalized spacial score (nSPS) is 23.3. The minimum absolute atomic E-state index is 0.0477. The van der Waals surface area contributed by atoms with E-state index in [1.165, 1.54) is 23.0 Å². The van der Waals surface area contributed by atoms with E-state index in [2.05, 4.69) is 17.2 Å². The molecular weight excluding hydrogens is 310 g/mol. The molecule has 1 saturated carbocycles. The van der Waals surface area contributed by atoms with Gasteiger partial charge in [0.15, 0.2) is 0 Å². The van der Waals surface area contributed by atoms with Crippen LogP contribution in [0.5, 0.6) is 0 Å². The number of sulfonamides is 1. The molecule has 2 atom stereocenters. The molecule has 1 aromatic heterocycles. The number of aromatic nitrogens is 1. The molecule has 0 amide bonds. The molecule has 1 fully saturated rings. The van der Waals surface area contributed by atoms with E-state index in [-0.39, 0.29) is 10.9 Å². The van der Waals surface area contributed by atoms with Crippen molar-refractivity contribution in [1.82, 2.24) is 9.29 Å². The van der Waals surface area contributed by atoms with Gasteiger partial charge in [-0.2, -0.15) is 4.31 Å². The molecule has 0 aliphatic heterocycles. The van der Waals surface area contributed by atoms with Crippen LogP contribution in [-0.2, 0) is 10.0 Å². The fourth-order valence-electron chi connectivity index (χ4n) is 2.93. The van der Waals surface area contributed by atoms with E-state index < -0.39 is 10.0 Å². The summed E-state index contributed by atoms with van der Waals surface area (Å²) >= 11 is 6.05. The first kappa shape index (κ1) is 16.5. The number of hydrogen-bond donors (Lipinski definition) is 1. The number of nitrogens with zero attached hydrogens (tertiary/aromatic N) is 2. The Kier molecular flexibility index (Phi) is 5.11. The molecule has 1 aromatic rings. The Balaban J connectivity index is 2.30. The number of rotatable bonds is 4. The summed E-state index contributed by atoms with van der Waals surface area (Å²) in [5, 5.41) is 3.13. The van der Waals surface area contributed by atoms with Gasteiger partial charge in [0.05, 0.1) is 5.02 Å². The highest BCUT2D eigenvalue weighted by Gasteiger charge is 2.33. The van der Waals surface area contributed by atoms with Crippen LogP contribution in [0, 0.1) is 5.92 Å². The third-order valence-corrected chi connectivity index (χ3v) is 6.40. The van der Waals surface area contributed by atoms with Crippen molar-refractivity contribution < 1.29 is 8.42 Å². The summed E-state index contributed by atoms with van der Waals surface area (Å²) in [5.41, 5.74) is 0. The van der Waals surface area contributed by atoms with Crippen LogP contribution in [-0.4, -0.2) is 37.8 Å². The first-order valence-corrected chi connectivity index (χ1v) is 9.01. The quantitative estimate of drug-likeness (QED) is 0.921. The van der Waals surface area contributed by atoms with E-state index in [4.69, 9.17) is 11.6 Å². The summed E-state index contributed by atoms with van der Waals surface area (Å²) in [4.78, 5) is 4.21. The predicted octanol–water partition coefficient (Wildman–Crippen LogP) is 2.98. The van der Waals surface area contributed by atoms with Gasteiger partial charge in [-0.1, -0.05) is 31.4 Å². The minimum Gasteiger partial charge on any atom is -0.372 e. The average Bonchev–Trinajstić information content (AvgIpc) is 2.47. The first-order chi connectivity index (χ1) is 9.87. The Morgan fingerprint density at radius 3 is 2.62 bits per heavy atom. The summed E-state index contributed by atoms with van der Waals surface area (Å²) in [6.45, 7) is 2.12. The SMILES string of the molecule is CNc1ncc(S(=O)(=O)N(C)C2CCCCC2C)cc1Cl. The van der Waals surface area contributed by atoms with E-state index >= 15 is 0 Å². The molecule has 1 aliphatic carbocycles. The highest BCUT2D eigenvalue weighted by Crippen LogP contribution is 2.31. The van der Waals surface area contributed by atoms with E-state index in [1.54, 1.807) is 14.1 Å². The molecule has 7 heteroatoms. The maximum absolute atomic E-state index is 12.7. The van der Waals surface area contributed by atoms with Crippen molar-refractivity contribution in [2.45, 2.75) is 43.5 Å². The van der Waals surface area contributed by atoms with Crippen LogP contribution >= 0.6 is 11.6 Å². The van der Waals surface area contributed by atoms with E-state index in [0.29, 0.717) is 16.8 Å². The van der Waals surface area contributed by atoms with Crippen LogP contribution in [0.4, 0.5) is 5.82 Å². The van der Waals surface area contributed by atoms with Crippen molar-refractivity contribution in [2.24, 2.45) is 5.92 Å². The highest BCUT2D eigenvalue weighted by molar-refractivity contribution is 7.89. The fourth-order valence-corrected chi connectivity index (χ4v) is 4.71. The fraction of sp³-hybridized carbons (Fsp3) is 0.643. The van der Waals surface area contributed by atoms with Crippen LogP contribution in [0.15, 0.2) is 17.2 Å². The van der Waals surface area contributed by atoms with Gasteiger partial charge in [-0.15, -0.1) is 0 Å². The molecule has 5 nitrogen and oxygen atoms in total. The molecule has 2 unspecified atom stereocenters. The summed E-state index contributed by atoms with van der Waals surface area (Å²) in [6.07, 6.45) is 5.59. The highest BCUT2D eigenvalue weighted by atomic mass is 35.5. The van der Waals surface area contributed by atoms with Gasteiger partial charge < -0.3 is 5.32 Å². The van der Waals surface area contributed by atoms with E-state index in [9.17, 15) is 8.42 Å². The minimum atomic E-state index is -3.56. The Labute approximate surface area is 131 Å². The second-order valence-electron chi connectivity index (χ2n) is 5.60. The molecule has 21 heavy (non-hydrogen) atoms. The van der Waals surface area contributed by atoms with Gasteiger partial charge in [-0.05, 0) is 24.8 Å². The topological polar surface area (TPSA) is 62.3 Å². The second kappa shape index (κ2) is 6.50. The lowest BCUT2D eigenvalue weighted by Crippen LogP contribution is -2.42. The molecule has 1 aliphatic rings. The third-order valence-electron chi connectivity index (χ3n) is 4.26. The molecule has 0 saturated heterocycles. The maximum atomic E-state index is 12.7. The lowest BCUT2D eigenvalue weighted by molar-refractivity contribution is 0.213. The Morgan fingerprint density at radius 1 is 1.38 bits per heavy atom. The molecule has 118 valence electrons. The zero-order chi connectivity index (χ0) is 15.6. The van der Waals surface area contributed by atoms with Crippen LogP contribution in [0.2, 0.25) is 5.02 Å². The lowest BCUT2D eigenvalue weighted by atomic mass is 9.86. The summed E-state index contributed by atoms with van der Waals surface area (Å²) < 4.78 is 27.0. The number of pyridine rings is 1. The maximum Gasteiger partial charge on any atom is 0.244 e. The third kappa shape index (κ3) is 3.33. The summed E-state index contributed by atoms with van der Waals surface area (Å²) in [6, 6.07) is 1.51. The Hall–Kier alpha value is -0.850. The Bertz CT molecular complexity index is 606. The van der Waals surface area contributed by atoms with Crippen molar-refractivity contribution in [3.05, 3.63) is 17.3 Å². The molecule has 0 spiro atoms. The number of halogens is 1. The van der Waals surface area contributed by atoms with Gasteiger partial charge in [-0.25, -0.2) is 13.4 Å². The summed E-state index contributed by atoms with van der Waals surface area (Å²) in [7, 11) is -0.213. The molecule has 0 aromatic carbocycles. The van der Waals surface area contributed by atoms with E-state index in [0.717, 1.165) is 19.3 Å². The monoisotopic (exact) mass is 331 g/mol. The average molecular weight is 332 g/mol. The van der Waals surface area contributed by atoms with Crippen LogP contribution in [0.1, 0.15) is 32.6 Å². The van der Waals surface area contributed by atoms with Crippen molar-refractivity contribution in [3.63, 3.8) is 0 Å². The van der Waals surface area contributed by atoms with Crippen molar-refractivity contribution in [1.29, 1.82) is 0 Å². The van der Waals surface area contributed by atoms with E-state index in [1.807, 2.05) is 0 Å². The number of hydrogen-bond acceptors (Lipinski definition) is 4. The molecule has 1 N–H and O–H groups in total. The van der Waals surface area contributed by atoms with Crippen LogP contribution < -0.4 is 5.32 Å². The van der Waals surface area contributed by atoms with Crippen LogP contribution in [0.25, 0.3) is 0 Å². The molecular formula is C14H22ClN3O2S. The molecule has 1 heterocycles. The predicted molar refractivity (Wildman–Crippen MR) is 85.2 cm³/mol. The van der Waals surface area contributed by atoms with Crippen molar-refractivity contribution in [2.75, 3.05) is 19.4 Å². The van der Waals surface area contributed by atoms with Gasteiger partial charge in [0.1, 0.15) is 10.7 Å². The smallest absolute Gasteiger partial charge is 0.244 e. The summed E-state index contributed by atoms with van der Waals surface area (Å²) in [5.74, 6) is 0.850. The largest absolute Gasteiger partial charge is 0.372 e. The van der Waals surface area contributed by atoms with Crippen molar-refractivity contribution in [3.8, 4) is 0 Å². The molecule has 2 rings (SSSR count). The molecule has 0 radical (unpaired) electrons. The van der Waals surface area contributed by atoms with Gasteiger partial charge in [0.25, 0.3) is 0 Å². The lowest BCUT2D eigenvalue weighted by Gasteiger charge is -2.35. The zero-order valence-electron chi connectivity index (χ0n) is 12.6. The zero-order valence-corrected chi connectivity index (χ0v) is 14.2. The Morgan fingerprint density at radius 2 is 2.05 bits per heavy atom. The van der Waals surface area contributed by atoms with Gasteiger partial charge in [-0.3, -0.25) is 0 Å². The first-order valence-electron chi connectivity index (χ1n) is 7.19.